The largest absolute Gasteiger partial charge is 0.456 e. The number of oxazole rings is 1. The minimum Gasteiger partial charge on any atom is -0.456 e. The zero-order chi connectivity index (χ0) is 35.6. The van der Waals surface area contributed by atoms with E-state index < -0.39 is 0 Å². The van der Waals surface area contributed by atoms with Crippen LogP contribution in [0.15, 0.2) is 191 Å². The number of thiophene rings is 1. The lowest BCUT2D eigenvalue weighted by Crippen LogP contribution is -2.10. The maximum Gasteiger partial charge on any atom is 0.228 e. The Labute approximate surface area is 314 Å². The van der Waals surface area contributed by atoms with E-state index >= 15 is 0 Å². The van der Waals surface area contributed by atoms with Gasteiger partial charge in [-0.25, -0.2) is 4.98 Å². The molecule has 0 aliphatic heterocycles. The lowest BCUT2D eigenvalue weighted by atomic mass is 10.00. The molecule has 5 heteroatoms. The number of hydrogen-bond donors (Lipinski definition) is 0. The number of fused-ring (bicyclic) bond motifs is 7. The van der Waals surface area contributed by atoms with Crippen molar-refractivity contribution in [1.82, 2.24) is 4.98 Å². The summed E-state index contributed by atoms with van der Waals surface area (Å²) >= 11 is 1.83. The van der Waals surface area contributed by atoms with E-state index in [1.165, 1.54) is 36.9 Å². The smallest absolute Gasteiger partial charge is 0.228 e. The van der Waals surface area contributed by atoms with Crippen molar-refractivity contribution >= 4 is 81.6 Å². The number of hydrogen-bond acceptors (Lipinski definition) is 5. The van der Waals surface area contributed by atoms with Crippen LogP contribution in [0.3, 0.4) is 0 Å². The van der Waals surface area contributed by atoms with E-state index in [9.17, 15) is 0 Å². The van der Waals surface area contributed by atoms with Crippen molar-refractivity contribution in [2.45, 2.75) is 0 Å². The fourth-order valence-corrected chi connectivity index (χ4v) is 8.95. The first kappa shape index (κ1) is 30.7. The van der Waals surface area contributed by atoms with Crippen LogP contribution in [0.25, 0.3) is 86.9 Å². The molecule has 0 aliphatic carbocycles. The zero-order valence-electron chi connectivity index (χ0n) is 28.9. The molecular formula is C49H30N2O2S. The number of para-hydroxylation sites is 2. The fraction of sp³-hybridized carbons (Fsp3) is 0. The summed E-state index contributed by atoms with van der Waals surface area (Å²) in [6.45, 7) is 0. The number of furan rings is 1. The average Bonchev–Trinajstić information content (AvgIpc) is 3.95. The second kappa shape index (κ2) is 12.3. The van der Waals surface area contributed by atoms with Crippen molar-refractivity contribution in [3.63, 3.8) is 0 Å². The Morgan fingerprint density at radius 2 is 1.09 bits per heavy atom. The van der Waals surface area contributed by atoms with Gasteiger partial charge in [0.05, 0.1) is 10.4 Å². The van der Waals surface area contributed by atoms with Crippen LogP contribution in [0.2, 0.25) is 0 Å². The van der Waals surface area contributed by atoms with E-state index in [0.717, 1.165) is 61.2 Å². The van der Waals surface area contributed by atoms with Gasteiger partial charge in [-0.1, -0.05) is 115 Å². The minimum absolute atomic E-state index is 0.585. The van der Waals surface area contributed by atoms with Gasteiger partial charge in [-0.2, -0.15) is 0 Å². The quantitative estimate of drug-likeness (QED) is 0.172. The first-order valence-electron chi connectivity index (χ1n) is 18.0. The lowest BCUT2D eigenvalue weighted by Gasteiger charge is -2.26. The van der Waals surface area contributed by atoms with Crippen molar-refractivity contribution < 1.29 is 8.83 Å². The third-order valence-electron chi connectivity index (χ3n) is 10.3. The molecule has 11 rings (SSSR count). The van der Waals surface area contributed by atoms with Gasteiger partial charge < -0.3 is 13.7 Å². The molecule has 0 N–H and O–H groups in total. The van der Waals surface area contributed by atoms with Crippen LogP contribution in [0.4, 0.5) is 17.1 Å². The Balaban J connectivity index is 1.05. The summed E-state index contributed by atoms with van der Waals surface area (Å²) < 4.78 is 15.4. The topological polar surface area (TPSA) is 42.4 Å². The fourth-order valence-electron chi connectivity index (χ4n) is 7.74. The van der Waals surface area contributed by atoms with Crippen LogP contribution in [0, 0.1) is 0 Å². The van der Waals surface area contributed by atoms with Crippen molar-refractivity contribution in [2.24, 2.45) is 0 Å². The van der Waals surface area contributed by atoms with Crippen molar-refractivity contribution in [3.8, 4) is 33.7 Å². The first-order chi connectivity index (χ1) is 26.7. The van der Waals surface area contributed by atoms with E-state index in [4.69, 9.17) is 13.8 Å². The van der Waals surface area contributed by atoms with Gasteiger partial charge in [0.25, 0.3) is 0 Å². The third-order valence-corrected chi connectivity index (χ3v) is 11.5. The van der Waals surface area contributed by atoms with Gasteiger partial charge in [0, 0.05) is 49.2 Å². The molecule has 0 radical (unpaired) electrons. The summed E-state index contributed by atoms with van der Waals surface area (Å²) in [5.41, 5.74) is 12.1. The van der Waals surface area contributed by atoms with E-state index in [1.807, 2.05) is 47.7 Å². The highest BCUT2D eigenvalue weighted by Gasteiger charge is 2.21. The Morgan fingerprint density at radius 3 is 1.91 bits per heavy atom. The van der Waals surface area contributed by atoms with Gasteiger partial charge in [-0.15, -0.1) is 11.3 Å². The van der Waals surface area contributed by atoms with Crippen LogP contribution < -0.4 is 4.90 Å². The predicted molar refractivity (Wildman–Crippen MR) is 225 cm³/mol. The van der Waals surface area contributed by atoms with Gasteiger partial charge in [-0.3, -0.25) is 0 Å². The maximum atomic E-state index is 6.61. The number of nitrogens with zero attached hydrogens (tertiary/aromatic N) is 2. The Morgan fingerprint density at radius 1 is 0.444 bits per heavy atom. The molecule has 4 nitrogen and oxygen atoms in total. The van der Waals surface area contributed by atoms with Crippen LogP contribution in [0.5, 0.6) is 0 Å². The molecule has 11 aromatic rings. The molecule has 0 spiro atoms. The molecule has 0 atom stereocenters. The molecule has 3 heterocycles. The van der Waals surface area contributed by atoms with E-state index in [1.54, 1.807) is 0 Å². The SMILES string of the molecule is c1ccc(-c2ccc(-c3ccc(N(c4ccc5c(c4)oc4cccc(-c6nc7ccccc7o6)c45)c4cccc5c4sc4ccccc45)cc3)cc2)cc1. The van der Waals surface area contributed by atoms with Crippen LogP contribution in [0.1, 0.15) is 0 Å². The maximum absolute atomic E-state index is 6.61. The highest BCUT2D eigenvalue weighted by atomic mass is 32.1. The third kappa shape index (κ3) is 5.01. The highest BCUT2D eigenvalue weighted by Crippen LogP contribution is 2.46. The first-order valence-corrected chi connectivity index (χ1v) is 18.8. The average molecular weight is 711 g/mol. The predicted octanol–water partition coefficient (Wildman–Crippen LogP) is 14.6. The molecule has 0 unspecified atom stereocenters. The molecule has 8 aromatic carbocycles. The summed E-state index contributed by atoms with van der Waals surface area (Å²) in [5, 5.41) is 4.53. The molecule has 0 amide bonds. The summed E-state index contributed by atoms with van der Waals surface area (Å²) in [5.74, 6) is 0.585. The summed E-state index contributed by atoms with van der Waals surface area (Å²) in [6, 6.07) is 64.0. The Kier molecular flexibility index (Phi) is 7.00. The van der Waals surface area contributed by atoms with Gasteiger partial charge in [0.15, 0.2) is 5.58 Å². The Bertz CT molecular complexity index is 3120. The van der Waals surface area contributed by atoms with Crippen LogP contribution >= 0.6 is 11.3 Å². The van der Waals surface area contributed by atoms with Gasteiger partial charge >= 0.3 is 0 Å². The second-order valence-electron chi connectivity index (χ2n) is 13.5. The minimum atomic E-state index is 0.585. The van der Waals surface area contributed by atoms with Crippen LogP contribution in [-0.2, 0) is 0 Å². The highest BCUT2D eigenvalue weighted by molar-refractivity contribution is 7.26. The van der Waals surface area contributed by atoms with Crippen molar-refractivity contribution in [2.75, 3.05) is 4.90 Å². The molecule has 54 heavy (non-hydrogen) atoms. The standard InChI is InChI=1S/C49H30N2O2S/c1-2-10-31(11-3-1)32-20-22-33(23-21-32)34-24-26-35(27-25-34)51(42-16-8-13-38-37-12-4-7-19-46(37)54-48(38)42)36-28-29-39-45(30-36)52-44-18-9-14-40(47(39)44)49-50-41-15-5-6-17-43(41)53-49/h1-30H. The number of benzene rings is 8. The molecule has 3 aromatic heterocycles. The van der Waals surface area contributed by atoms with E-state index in [-0.39, 0.29) is 0 Å². The van der Waals surface area contributed by atoms with Gasteiger partial charge in [0.2, 0.25) is 5.89 Å². The van der Waals surface area contributed by atoms with E-state index in [2.05, 4.69) is 150 Å². The molecular weight excluding hydrogens is 681 g/mol. The Hall–Kier alpha value is -6.95. The lowest BCUT2D eigenvalue weighted by molar-refractivity contribution is 0.620. The van der Waals surface area contributed by atoms with Crippen LogP contribution in [-0.4, -0.2) is 4.98 Å². The van der Waals surface area contributed by atoms with Gasteiger partial charge in [-0.05, 0) is 82.9 Å². The monoisotopic (exact) mass is 710 g/mol. The summed E-state index contributed by atoms with van der Waals surface area (Å²) in [6.07, 6.45) is 0. The van der Waals surface area contributed by atoms with E-state index in [0.29, 0.717) is 5.89 Å². The summed E-state index contributed by atoms with van der Waals surface area (Å²) in [4.78, 5) is 7.18. The van der Waals surface area contributed by atoms with Gasteiger partial charge in [0.1, 0.15) is 16.7 Å². The number of anilines is 3. The number of aromatic nitrogens is 1. The molecule has 0 fully saturated rings. The van der Waals surface area contributed by atoms with Crippen molar-refractivity contribution in [1.29, 1.82) is 0 Å². The molecule has 0 saturated carbocycles. The second-order valence-corrected chi connectivity index (χ2v) is 14.6. The molecule has 0 saturated heterocycles. The normalized spacial score (nSPS) is 11.7. The summed E-state index contributed by atoms with van der Waals surface area (Å²) in [7, 11) is 0. The molecule has 0 bridgehead atoms. The number of rotatable bonds is 6. The zero-order valence-corrected chi connectivity index (χ0v) is 29.8. The molecule has 254 valence electrons. The van der Waals surface area contributed by atoms with Crippen molar-refractivity contribution in [3.05, 3.63) is 182 Å². The molecule has 0 aliphatic rings.